The Morgan fingerprint density at radius 1 is 1.05 bits per heavy atom. The number of nitrogens with zero attached hydrogens (tertiary/aromatic N) is 3. The number of benzene rings is 2. The van der Waals surface area contributed by atoms with E-state index in [1.165, 1.54) is 12.1 Å². The summed E-state index contributed by atoms with van der Waals surface area (Å²) in [6, 6.07) is 17.7. The van der Waals surface area contributed by atoms with Crippen LogP contribution < -0.4 is 15.4 Å². The van der Waals surface area contributed by atoms with Crippen LogP contribution in [0.15, 0.2) is 95.7 Å². The number of methoxy groups -OCH3 is 2. The third kappa shape index (κ3) is 4.90. The van der Waals surface area contributed by atoms with Crippen molar-refractivity contribution in [2.45, 2.75) is 12.5 Å². The smallest absolute Gasteiger partial charge is 0.355 e. The van der Waals surface area contributed by atoms with Gasteiger partial charge in [0.15, 0.2) is 0 Å². The van der Waals surface area contributed by atoms with Crippen molar-refractivity contribution < 1.29 is 28.2 Å². The van der Waals surface area contributed by atoms with Crippen molar-refractivity contribution >= 4 is 17.6 Å². The van der Waals surface area contributed by atoms with Crippen LogP contribution in [0.1, 0.15) is 17.0 Å². The summed E-state index contributed by atoms with van der Waals surface area (Å²) in [5.41, 5.74) is 7.21. The molecular weight excluding hydrogens is 491 g/mol. The van der Waals surface area contributed by atoms with Crippen molar-refractivity contribution in [1.82, 2.24) is 4.98 Å². The molecule has 3 aromatic rings. The van der Waals surface area contributed by atoms with Crippen molar-refractivity contribution in [1.29, 1.82) is 5.26 Å². The highest BCUT2D eigenvalue weighted by Crippen LogP contribution is 2.45. The Bertz CT molecular complexity index is 1470. The number of nitrogens with two attached hydrogens (primary N) is 1. The number of rotatable bonds is 7. The summed E-state index contributed by atoms with van der Waals surface area (Å²) in [5.74, 6) is -3.62. The molecule has 9 nitrogen and oxygen atoms in total. The zero-order chi connectivity index (χ0) is 27.2. The normalized spacial score (nSPS) is 15.1. The van der Waals surface area contributed by atoms with Crippen molar-refractivity contribution in [2.24, 2.45) is 5.73 Å². The molecule has 1 atom stereocenters. The van der Waals surface area contributed by atoms with E-state index in [2.05, 4.69) is 11.1 Å². The molecule has 0 bridgehead atoms. The van der Waals surface area contributed by atoms with Crippen LogP contribution in [0.2, 0.25) is 0 Å². The first-order valence-corrected chi connectivity index (χ1v) is 11.4. The van der Waals surface area contributed by atoms with Crippen molar-refractivity contribution in [3.05, 3.63) is 113 Å². The lowest BCUT2D eigenvalue weighted by molar-refractivity contribution is -0.139. The van der Waals surface area contributed by atoms with E-state index in [9.17, 15) is 19.2 Å². The highest BCUT2D eigenvalue weighted by molar-refractivity contribution is 6.06. The van der Waals surface area contributed by atoms with Gasteiger partial charge in [-0.15, -0.1) is 0 Å². The third-order valence-electron chi connectivity index (χ3n) is 5.92. The molecule has 1 aliphatic heterocycles. The number of allylic oxidation sites excluding steroid dienone is 1. The number of hydrogen-bond donors (Lipinski definition) is 1. The number of carbonyl (C=O) groups excluding carboxylic acids is 2. The van der Waals surface area contributed by atoms with Gasteiger partial charge < -0.3 is 19.9 Å². The number of pyridine rings is 1. The second-order valence-electron chi connectivity index (χ2n) is 8.09. The van der Waals surface area contributed by atoms with E-state index in [4.69, 9.17) is 19.9 Å². The molecule has 38 heavy (non-hydrogen) atoms. The van der Waals surface area contributed by atoms with Crippen LogP contribution in [0, 0.1) is 17.1 Å². The maximum atomic E-state index is 14.6. The van der Waals surface area contributed by atoms with Crippen molar-refractivity contribution in [3.63, 3.8) is 0 Å². The van der Waals surface area contributed by atoms with Crippen LogP contribution in [0.3, 0.4) is 0 Å². The summed E-state index contributed by atoms with van der Waals surface area (Å²) >= 11 is 0. The summed E-state index contributed by atoms with van der Waals surface area (Å²) < 4.78 is 30.6. The first kappa shape index (κ1) is 25.9. The lowest BCUT2D eigenvalue weighted by atomic mass is 9.81. The minimum absolute atomic E-state index is 0.0161. The van der Waals surface area contributed by atoms with Crippen molar-refractivity contribution in [3.8, 4) is 11.8 Å². The van der Waals surface area contributed by atoms with Gasteiger partial charge >= 0.3 is 11.9 Å². The monoisotopic (exact) mass is 514 g/mol. The van der Waals surface area contributed by atoms with Crippen LogP contribution >= 0.6 is 0 Å². The number of carbonyl (C=O) groups is 2. The molecule has 0 saturated heterocycles. The number of hydrogen-bond acceptors (Lipinski definition) is 9. The predicted molar refractivity (Wildman–Crippen MR) is 135 cm³/mol. The average Bonchev–Trinajstić information content (AvgIpc) is 2.96. The lowest BCUT2D eigenvalue weighted by Crippen LogP contribution is -2.41. The van der Waals surface area contributed by atoms with Gasteiger partial charge in [0.05, 0.1) is 43.0 Å². The Balaban J connectivity index is 1.97. The van der Waals surface area contributed by atoms with Gasteiger partial charge in [-0.05, 0) is 35.4 Å². The topological polar surface area (TPSA) is 128 Å². The van der Waals surface area contributed by atoms with E-state index >= 15 is 0 Å². The van der Waals surface area contributed by atoms with Crippen LogP contribution in [0.5, 0.6) is 5.75 Å². The summed E-state index contributed by atoms with van der Waals surface area (Å²) in [5, 5.41) is 10.2. The average molecular weight is 515 g/mol. The van der Waals surface area contributed by atoms with E-state index in [-0.39, 0.29) is 40.7 Å². The molecule has 0 aliphatic carbocycles. The molecule has 0 amide bonds. The van der Waals surface area contributed by atoms with Crippen molar-refractivity contribution in [2.75, 3.05) is 19.1 Å². The molecule has 2 N–H and O–H groups in total. The highest BCUT2D eigenvalue weighted by Gasteiger charge is 2.43. The molecule has 1 aromatic heterocycles. The number of ether oxygens (including phenoxy) is 3. The molecule has 2 heterocycles. The van der Waals surface area contributed by atoms with Crippen LogP contribution in [-0.4, -0.2) is 31.1 Å². The quantitative estimate of drug-likeness (QED) is 0.470. The fourth-order valence-corrected chi connectivity index (χ4v) is 4.19. The summed E-state index contributed by atoms with van der Waals surface area (Å²) in [6.07, 6.45) is 3.19. The van der Waals surface area contributed by atoms with Gasteiger partial charge in [-0.3, -0.25) is 9.88 Å². The number of halogens is 1. The second kappa shape index (κ2) is 11.3. The summed E-state index contributed by atoms with van der Waals surface area (Å²) in [6.45, 7) is 0.0808. The number of esters is 2. The van der Waals surface area contributed by atoms with Crippen LogP contribution in [-0.2, 0) is 25.7 Å². The number of aromatic nitrogens is 1. The molecule has 192 valence electrons. The van der Waals surface area contributed by atoms with E-state index in [1.54, 1.807) is 54.9 Å². The minimum Gasteiger partial charge on any atom is -0.487 e. The van der Waals surface area contributed by atoms with E-state index in [0.717, 1.165) is 30.7 Å². The maximum absolute atomic E-state index is 14.6. The fraction of sp³-hybridized carbons (Fsp3) is 0.143. The van der Waals surface area contributed by atoms with E-state index in [0.29, 0.717) is 5.56 Å². The van der Waals surface area contributed by atoms with Crippen LogP contribution in [0.4, 0.5) is 10.1 Å². The Kier molecular flexibility index (Phi) is 7.68. The Morgan fingerprint density at radius 2 is 1.74 bits per heavy atom. The van der Waals surface area contributed by atoms with E-state index in [1.807, 2.05) is 0 Å². The molecular formula is C28H23FN4O5. The minimum atomic E-state index is -1.05. The summed E-state index contributed by atoms with van der Waals surface area (Å²) in [4.78, 5) is 31.5. The largest absolute Gasteiger partial charge is 0.487 e. The van der Waals surface area contributed by atoms with Gasteiger partial charge in [-0.1, -0.05) is 30.3 Å². The Hall–Kier alpha value is -5.17. The zero-order valence-electron chi connectivity index (χ0n) is 20.6. The maximum Gasteiger partial charge on any atom is 0.355 e. The zero-order valence-corrected chi connectivity index (χ0v) is 20.6. The standard InChI is InChI=1S/C28H23FN4O5/c1-36-27(34)24-23(18-6-4-3-5-7-18)20(15-30)26(31)33(25(24)28(35)37-2)21-14-19(29)8-9-22(21)38-16-17-10-12-32-13-11-17/h3-14,23H,16,31H2,1-2H3. The predicted octanol–water partition coefficient (Wildman–Crippen LogP) is 3.70. The highest BCUT2D eigenvalue weighted by atomic mass is 19.1. The third-order valence-corrected chi connectivity index (χ3v) is 5.92. The summed E-state index contributed by atoms with van der Waals surface area (Å²) in [7, 11) is 2.28. The van der Waals surface area contributed by atoms with Gasteiger partial charge in [0.2, 0.25) is 0 Å². The lowest BCUT2D eigenvalue weighted by Gasteiger charge is -2.36. The second-order valence-corrected chi connectivity index (χ2v) is 8.09. The van der Waals surface area contributed by atoms with Gasteiger partial charge in [0.1, 0.15) is 29.7 Å². The molecule has 0 spiro atoms. The number of nitriles is 1. The molecule has 10 heteroatoms. The molecule has 0 fully saturated rings. The van der Waals surface area contributed by atoms with Gasteiger partial charge in [-0.2, -0.15) is 5.26 Å². The van der Waals surface area contributed by atoms with Gasteiger partial charge in [0.25, 0.3) is 0 Å². The molecule has 1 unspecified atom stereocenters. The molecule has 4 rings (SSSR count). The molecule has 2 aromatic carbocycles. The molecule has 0 radical (unpaired) electrons. The van der Waals surface area contributed by atoms with Gasteiger partial charge in [-0.25, -0.2) is 14.0 Å². The number of anilines is 1. The fourth-order valence-electron chi connectivity index (χ4n) is 4.19. The Labute approximate surface area is 218 Å². The first-order chi connectivity index (χ1) is 18.4. The first-order valence-electron chi connectivity index (χ1n) is 11.4. The van der Waals surface area contributed by atoms with E-state index < -0.39 is 23.7 Å². The van der Waals surface area contributed by atoms with Crippen LogP contribution in [0.25, 0.3) is 0 Å². The molecule has 1 aliphatic rings. The Morgan fingerprint density at radius 3 is 2.37 bits per heavy atom. The molecule has 0 saturated carbocycles. The van der Waals surface area contributed by atoms with Gasteiger partial charge in [0, 0.05) is 18.5 Å². The SMILES string of the molecule is COC(=O)C1=C(C(=O)OC)N(c2cc(F)ccc2OCc2ccncc2)C(N)=C(C#N)C1c1ccccc1.